The predicted molar refractivity (Wildman–Crippen MR) is 79.4 cm³/mol. The van der Waals surface area contributed by atoms with E-state index in [0.29, 0.717) is 17.9 Å². The lowest BCUT2D eigenvalue weighted by Crippen LogP contribution is -2.62. The van der Waals surface area contributed by atoms with Crippen LogP contribution in [0.25, 0.3) is 0 Å². The fourth-order valence-corrected chi connectivity index (χ4v) is 3.33. The average molecular weight is 288 g/mol. The molecule has 1 aromatic rings. The van der Waals surface area contributed by atoms with Crippen molar-refractivity contribution in [2.75, 3.05) is 12.0 Å². The number of hydrogen-bond acceptors (Lipinski definition) is 3. The molecule has 0 unspecified atom stereocenters. The zero-order valence-corrected chi connectivity index (χ0v) is 12.2. The molecule has 3 amide bonds. The van der Waals surface area contributed by atoms with Gasteiger partial charge in [-0.25, -0.2) is 9.69 Å². The molecule has 2 fully saturated rings. The maximum Gasteiger partial charge on any atom is 0.329 e. The second kappa shape index (κ2) is 5.39. The molecule has 1 saturated heterocycles. The number of urea groups is 1. The quantitative estimate of drug-likeness (QED) is 0.910. The van der Waals surface area contributed by atoms with Crippen molar-refractivity contribution in [1.29, 1.82) is 0 Å². The lowest BCUT2D eigenvalue weighted by Gasteiger charge is -2.43. The predicted octanol–water partition coefficient (Wildman–Crippen LogP) is 2.84. The van der Waals surface area contributed by atoms with Gasteiger partial charge in [0.15, 0.2) is 0 Å². The first kappa shape index (κ1) is 13.9. The smallest absolute Gasteiger partial charge is 0.329 e. The summed E-state index contributed by atoms with van der Waals surface area (Å²) in [6, 6.07) is 6.66. The molecule has 21 heavy (non-hydrogen) atoms. The monoisotopic (exact) mass is 288 g/mol. The number of ether oxygens (including phenoxy) is 1. The van der Waals surface area contributed by atoms with E-state index in [1.165, 1.54) is 11.3 Å². The van der Waals surface area contributed by atoms with Crippen LogP contribution in [0.1, 0.15) is 38.5 Å². The molecule has 112 valence electrons. The van der Waals surface area contributed by atoms with E-state index < -0.39 is 0 Å². The highest BCUT2D eigenvalue weighted by atomic mass is 16.5. The molecule has 0 radical (unpaired) electrons. The minimum absolute atomic E-state index is 0.120. The van der Waals surface area contributed by atoms with Crippen molar-refractivity contribution in [3.8, 4) is 5.75 Å². The van der Waals surface area contributed by atoms with Crippen molar-refractivity contribution >= 4 is 17.6 Å². The summed E-state index contributed by atoms with van der Waals surface area (Å²) in [5.41, 5.74) is 0.277. The standard InChI is InChI=1S/C16H20N2O3/c1-21-13-7-5-12(6-8-13)18-14(19)11-16(17-15(18)20)9-3-2-4-10-16/h5-8H,2-4,9-11H2,1H3,(H,17,20). The molecule has 1 aliphatic carbocycles. The van der Waals surface area contributed by atoms with E-state index >= 15 is 0 Å². The second-order valence-corrected chi connectivity index (χ2v) is 5.88. The summed E-state index contributed by atoms with van der Waals surface area (Å²) in [4.78, 5) is 26.1. The van der Waals surface area contributed by atoms with Gasteiger partial charge in [0, 0.05) is 0 Å². The van der Waals surface area contributed by atoms with Gasteiger partial charge in [-0.1, -0.05) is 19.3 Å². The topological polar surface area (TPSA) is 58.6 Å². The summed E-state index contributed by atoms with van der Waals surface area (Å²) >= 11 is 0. The van der Waals surface area contributed by atoms with E-state index in [9.17, 15) is 9.59 Å². The second-order valence-electron chi connectivity index (χ2n) is 5.88. The fourth-order valence-electron chi connectivity index (χ4n) is 3.33. The number of carbonyl (C=O) groups is 2. The maximum atomic E-state index is 12.5. The first-order valence-electron chi connectivity index (χ1n) is 7.43. The van der Waals surface area contributed by atoms with Gasteiger partial charge in [0.2, 0.25) is 5.91 Å². The summed E-state index contributed by atoms with van der Waals surface area (Å²) in [5, 5.41) is 3.07. The van der Waals surface area contributed by atoms with Crippen LogP contribution in [-0.2, 0) is 4.79 Å². The molecule has 0 bridgehead atoms. The minimum atomic E-state index is -0.310. The summed E-state index contributed by atoms with van der Waals surface area (Å²) in [7, 11) is 1.58. The van der Waals surface area contributed by atoms with E-state index in [2.05, 4.69) is 5.32 Å². The van der Waals surface area contributed by atoms with Crippen LogP contribution in [0.5, 0.6) is 5.75 Å². The van der Waals surface area contributed by atoms with Gasteiger partial charge in [-0.2, -0.15) is 0 Å². The average Bonchev–Trinajstić information content (AvgIpc) is 2.48. The van der Waals surface area contributed by atoms with Crippen LogP contribution in [0.4, 0.5) is 10.5 Å². The van der Waals surface area contributed by atoms with Crippen LogP contribution in [0, 0.1) is 0 Å². The number of benzene rings is 1. The summed E-state index contributed by atoms with van der Waals surface area (Å²) in [6.07, 6.45) is 5.55. The van der Waals surface area contributed by atoms with Gasteiger partial charge in [-0.05, 0) is 37.1 Å². The van der Waals surface area contributed by atoms with Crippen LogP contribution in [0.2, 0.25) is 0 Å². The summed E-state index contributed by atoms with van der Waals surface area (Å²) in [6.45, 7) is 0. The number of anilines is 1. The number of carbonyl (C=O) groups excluding carboxylic acids is 2. The van der Waals surface area contributed by atoms with Gasteiger partial charge in [-0.15, -0.1) is 0 Å². The zero-order chi connectivity index (χ0) is 14.9. The van der Waals surface area contributed by atoms with E-state index in [0.717, 1.165) is 25.7 Å². The molecule has 1 spiro atoms. The Kier molecular flexibility index (Phi) is 3.57. The molecule has 3 rings (SSSR count). The third-order valence-corrected chi connectivity index (χ3v) is 4.46. The highest BCUT2D eigenvalue weighted by Gasteiger charge is 2.43. The Balaban J connectivity index is 1.81. The Bertz CT molecular complexity index is 527. The lowest BCUT2D eigenvalue weighted by molar-refractivity contribution is -0.120. The Morgan fingerprint density at radius 2 is 1.76 bits per heavy atom. The number of rotatable bonds is 2. The van der Waals surface area contributed by atoms with Crippen LogP contribution >= 0.6 is 0 Å². The Labute approximate surface area is 124 Å². The van der Waals surface area contributed by atoms with E-state index in [1.54, 1.807) is 31.4 Å². The minimum Gasteiger partial charge on any atom is -0.497 e. The molecular weight excluding hydrogens is 268 g/mol. The van der Waals surface area contributed by atoms with E-state index in [1.807, 2.05) is 0 Å². The normalized spacial score (nSPS) is 21.3. The highest BCUT2D eigenvalue weighted by Crippen LogP contribution is 2.35. The number of imide groups is 1. The summed E-state index contributed by atoms with van der Waals surface area (Å²) in [5.74, 6) is 0.582. The number of amides is 3. The first-order chi connectivity index (χ1) is 10.1. The van der Waals surface area contributed by atoms with Gasteiger partial charge in [0.1, 0.15) is 5.75 Å². The lowest BCUT2D eigenvalue weighted by atomic mass is 9.78. The van der Waals surface area contributed by atoms with Crippen LogP contribution in [0.3, 0.4) is 0 Å². The van der Waals surface area contributed by atoms with Crippen molar-refractivity contribution in [3.63, 3.8) is 0 Å². The van der Waals surface area contributed by atoms with Crippen molar-refractivity contribution in [2.24, 2.45) is 0 Å². The molecule has 5 heteroatoms. The van der Waals surface area contributed by atoms with Gasteiger partial charge in [-0.3, -0.25) is 4.79 Å². The molecule has 0 aromatic heterocycles. The molecule has 2 aliphatic rings. The maximum absolute atomic E-state index is 12.5. The molecule has 1 saturated carbocycles. The van der Waals surface area contributed by atoms with Crippen LogP contribution in [0.15, 0.2) is 24.3 Å². The Morgan fingerprint density at radius 3 is 2.33 bits per heavy atom. The van der Waals surface area contributed by atoms with E-state index in [4.69, 9.17) is 4.74 Å². The molecule has 1 N–H and O–H groups in total. The third-order valence-electron chi connectivity index (χ3n) is 4.46. The van der Waals surface area contributed by atoms with Gasteiger partial charge in [0.05, 0.1) is 24.8 Å². The van der Waals surface area contributed by atoms with Gasteiger partial charge in [0.25, 0.3) is 0 Å². The summed E-state index contributed by atoms with van der Waals surface area (Å²) < 4.78 is 5.10. The molecule has 5 nitrogen and oxygen atoms in total. The molecule has 1 heterocycles. The fraction of sp³-hybridized carbons (Fsp3) is 0.500. The SMILES string of the molecule is COc1ccc(N2C(=O)CC3(CCCCC3)NC2=O)cc1. The molecule has 1 aliphatic heterocycles. The Morgan fingerprint density at radius 1 is 1.10 bits per heavy atom. The largest absolute Gasteiger partial charge is 0.497 e. The van der Waals surface area contributed by atoms with Crippen molar-refractivity contribution in [2.45, 2.75) is 44.1 Å². The van der Waals surface area contributed by atoms with Gasteiger partial charge >= 0.3 is 6.03 Å². The zero-order valence-electron chi connectivity index (χ0n) is 12.2. The van der Waals surface area contributed by atoms with Crippen LogP contribution < -0.4 is 15.0 Å². The van der Waals surface area contributed by atoms with Crippen molar-refractivity contribution < 1.29 is 14.3 Å². The Hall–Kier alpha value is -2.04. The molecule has 1 aromatic carbocycles. The molecule has 0 atom stereocenters. The van der Waals surface area contributed by atoms with E-state index in [-0.39, 0.29) is 17.5 Å². The number of hydrogen-bond donors (Lipinski definition) is 1. The number of nitrogens with one attached hydrogen (secondary N) is 1. The molecular formula is C16H20N2O3. The first-order valence-corrected chi connectivity index (χ1v) is 7.43. The number of nitrogens with zero attached hydrogens (tertiary/aromatic N) is 1. The highest BCUT2D eigenvalue weighted by molar-refractivity contribution is 6.16. The van der Waals surface area contributed by atoms with Gasteiger partial charge < -0.3 is 10.1 Å². The van der Waals surface area contributed by atoms with Crippen molar-refractivity contribution in [1.82, 2.24) is 5.32 Å². The van der Waals surface area contributed by atoms with Crippen molar-refractivity contribution in [3.05, 3.63) is 24.3 Å². The van der Waals surface area contributed by atoms with Crippen LogP contribution in [-0.4, -0.2) is 24.6 Å². The number of methoxy groups -OCH3 is 1. The third kappa shape index (κ3) is 2.60.